The van der Waals surface area contributed by atoms with Crippen LogP contribution in [-0.2, 0) is 4.79 Å². The number of aliphatic hydroxyl groups is 1. The number of rotatable bonds is 2. The molecule has 0 aromatic carbocycles. The monoisotopic (exact) mass is 158 g/mol. The summed E-state index contributed by atoms with van der Waals surface area (Å²) in [5.41, 5.74) is 0. The first-order valence-corrected chi connectivity index (χ1v) is 2.62. The number of halogens is 2. The molecule has 0 aliphatic rings. The van der Waals surface area contributed by atoms with Gasteiger partial charge >= 0.3 is 5.97 Å². The van der Waals surface area contributed by atoms with E-state index in [1.54, 1.807) is 0 Å². The quantitative estimate of drug-likeness (QED) is 0.567. The summed E-state index contributed by atoms with van der Waals surface area (Å²) in [6, 6.07) is 0. The van der Waals surface area contributed by atoms with E-state index in [0.717, 1.165) is 0 Å². The van der Waals surface area contributed by atoms with Gasteiger partial charge in [0.15, 0.2) is 6.10 Å². The van der Waals surface area contributed by atoms with Crippen molar-refractivity contribution in [2.24, 2.45) is 0 Å². The summed E-state index contributed by atoms with van der Waals surface area (Å²) < 4.78 is 0. The highest BCUT2D eigenvalue weighted by Gasteiger charge is 2.20. The topological polar surface area (TPSA) is 57.5 Å². The van der Waals surface area contributed by atoms with Crippen LogP contribution in [0.5, 0.6) is 0 Å². The molecule has 0 amide bonds. The maximum Gasteiger partial charge on any atom is 0.335 e. The first kappa shape index (κ1) is 8.01. The lowest BCUT2D eigenvalue weighted by Gasteiger charge is -2.02. The molecule has 5 heteroatoms. The molecule has 0 rings (SSSR count). The van der Waals surface area contributed by atoms with E-state index < -0.39 is 16.9 Å². The second-order valence-corrected chi connectivity index (χ2v) is 2.28. The normalized spacial score (nSPS) is 14.0. The fourth-order valence-electron chi connectivity index (χ4n) is 0.108. The van der Waals surface area contributed by atoms with E-state index in [-0.39, 0.29) is 0 Å². The van der Waals surface area contributed by atoms with E-state index in [0.29, 0.717) is 0 Å². The fraction of sp³-hybridized carbons (Fsp3) is 0.667. The molecule has 0 bridgehead atoms. The standard InChI is InChI=1S/C3H4Cl2O3/c4-2(5)1(6)3(7)8/h1-2,6H,(H,7,8). The molecule has 2 N–H and O–H groups in total. The van der Waals surface area contributed by atoms with Gasteiger partial charge in [0.05, 0.1) is 0 Å². The Morgan fingerprint density at radius 2 is 1.88 bits per heavy atom. The summed E-state index contributed by atoms with van der Waals surface area (Å²) >= 11 is 9.92. The van der Waals surface area contributed by atoms with Crippen molar-refractivity contribution in [3.8, 4) is 0 Å². The summed E-state index contributed by atoms with van der Waals surface area (Å²) in [5, 5.41) is 16.3. The van der Waals surface area contributed by atoms with Gasteiger partial charge in [0.2, 0.25) is 0 Å². The molecular weight excluding hydrogens is 155 g/mol. The average molecular weight is 159 g/mol. The molecule has 0 heterocycles. The van der Waals surface area contributed by atoms with E-state index in [4.69, 9.17) is 33.4 Å². The predicted octanol–water partition coefficient (Wildman–Crippen LogP) is 0.236. The van der Waals surface area contributed by atoms with Gasteiger partial charge in [-0.2, -0.15) is 0 Å². The molecule has 3 nitrogen and oxygen atoms in total. The van der Waals surface area contributed by atoms with Gasteiger partial charge in [-0.05, 0) is 0 Å². The molecule has 0 spiro atoms. The molecule has 0 aliphatic carbocycles. The zero-order valence-electron chi connectivity index (χ0n) is 3.71. The second kappa shape index (κ2) is 3.12. The van der Waals surface area contributed by atoms with Gasteiger partial charge in [0, 0.05) is 0 Å². The SMILES string of the molecule is O=C(O)C(O)C(Cl)Cl. The molecule has 1 atom stereocenters. The molecule has 0 saturated carbocycles. The minimum Gasteiger partial charge on any atom is -0.479 e. The fourth-order valence-corrected chi connectivity index (χ4v) is 0.323. The number of carboxylic acids is 1. The number of carbonyl (C=O) groups is 1. The molecule has 48 valence electrons. The summed E-state index contributed by atoms with van der Waals surface area (Å²) in [5.74, 6) is -1.42. The van der Waals surface area contributed by atoms with Crippen LogP contribution in [0.15, 0.2) is 0 Å². The Morgan fingerprint density at radius 1 is 1.50 bits per heavy atom. The maximum atomic E-state index is 9.72. The van der Waals surface area contributed by atoms with Crippen LogP contribution in [0, 0.1) is 0 Å². The summed E-state index contributed by atoms with van der Waals surface area (Å²) in [6.45, 7) is 0. The van der Waals surface area contributed by atoms with Crippen LogP contribution in [0.3, 0.4) is 0 Å². The third kappa shape index (κ3) is 2.35. The third-order valence-corrected chi connectivity index (χ3v) is 0.969. The third-order valence-electron chi connectivity index (χ3n) is 0.492. The molecule has 1 unspecified atom stereocenters. The van der Waals surface area contributed by atoms with Crippen molar-refractivity contribution in [1.82, 2.24) is 0 Å². The Morgan fingerprint density at radius 3 is 1.88 bits per heavy atom. The predicted molar refractivity (Wildman–Crippen MR) is 29.1 cm³/mol. The average Bonchev–Trinajstić information content (AvgIpc) is 1.64. The molecule has 0 aromatic heterocycles. The highest BCUT2D eigenvalue weighted by atomic mass is 35.5. The van der Waals surface area contributed by atoms with Crippen molar-refractivity contribution in [1.29, 1.82) is 0 Å². The largest absolute Gasteiger partial charge is 0.479 e. The first-order chi connectivity index (χ1) is 3.55. The number of aliphatic hydroxyl groups excluding tert-OH is 1. The van der Waals surface area contributed by atoms with Crippen molar-refractivity contribution in [2.75, 3.05) is 0 Å². The van der Waals surface area contributed by atoms with Crippen LogP contribution in [0.25, 0.3) is 0 Å². The minimum atomic E-state index is -1.68. The van der Waals surface area contributed by atoms with E-state index >= 15 is 0 Å². The summed E-state index contributed by atoms with van der Waals surface area (Å²) in [7, 11) is 0. The van der Waals surface area contributed by atoms with Crippen LogP contribution < -0.4 is 0 Å². The molecule has 0 aromatic rings. The summed E-state index contributed by atoms with van der Waals surface area (Å²) in [4.78, 5) is 8.46. The molecule has 8 heavy (non-hydrogen) atoms. The van der Waals surface area contributed by atoms with Gasteiger partial charge in [-0.1, -0.05) is 0 Å². The first-order valence-electron chi connectivity index (χ1n) is 1.74. The zero-order chi connectivity index (χ0) is 6.73. The van der Waals surface area contributed by atoms with Gasteiger partial charge in [-0.25, -0.2) is 4.79 Å². The molecule has 0 radical (unpaired) electrons. The van der Waals surface area contributed by atoms with Crippen molar-refractivity contribution in [2.45, 2.75) is 10.9 Å². The lowest BCUT2D eigenvalue weighted by molar-refractivity contribution is -0.145. The van der Waals surface area contributed by atoms with E-state index in [9.17, 15) is 4.79 Å². The van der Waals surface area contributed by atoms with E-state index in [1.165, 1.54) is 0 Å². The van der Waals surface area contributed by atoms with Crippen LogP contribution in [0.2, 0.25) is 0 Å². The minimum absolute atomic E-state index is 1.26. The Labute approximate surface area is 55.8 Å². The van der Waals surface area contributed by atoms with Gasteiger partial charge in [-0.15, -0.1) is 23.2 Å². The number of aliphatic carboxylic acids is 1. The Kier molecular flexibility index (Phi) is 3.12. The second-order valence-electron chi connectivity index (χ2n) is 1.12. The maximum absolute atomic E-state index is 9.72. The van der Waals surface area contributed by atoms with Crippen molar-refractivity contribution < 1.29 is 15.0 Å². The Hall–Kier alpha value is 0.01000. The molecule has 0 aliphatic heterocycles. The number of hydrogen-bond donors (Lipinski definition) is 2. The number of carboxylic acid groups (broad SMARTS) is 1. The van der Waals surface area contributed by atoms with Crippen LogP contribution in [-0.4, -0.2) is 27.1 Å². The van der Waals surface area contributed by atoms with Crippen molar-refractivity contribution in [3.05, 3.63) is 0 Å². The smallest absolute Gasteiger partial charge is 0.335 e. The van der Waals surface area contributed by atoms with Crippen LogP contribution in [0.1, 0.15) is 0 Å². The van der Waals surface area contributed by atoms with Gasteiger partial charge in [-0.3, -0.25) is 0 Å². The Balaban J connectivity index is 3.64. The number of alkyl halides is 2. The zero-order valence-corrected chi connectivity index (χ0v) is 5.23. The van der Waals surface area contributed by atoms with Gasteiger partial charge < -0.3 is 10.2 Å². The lowest BCUT2D eigenvalue weighted by atomic mass is 10.4. The van der Waals surface area contributed by atoms with Crippen molar-refractivity contribution >= 4 is 29.2 Å². The highest BCUT2D eigenvalue weighted by molar-refractivity contribution is 6.45. The van der Waals surface area contributed by atoms with Gasteiger partial charge in [0.25, 0.3) is 0 Å². The molecule has 0 saturated heterocycles. The van der Waals surface area contributed by atoms with Crippen LogP contribution >= 0.6 is 23.2 Å². The lowest BCUT2D eigenvalue weighted by Crippen LogP contribution is -2.25. The van der Waals surface area contributed by atoms with E-state index in [2.05, 4.69) is 0 Å². The summed E-state index contributed by atoms with van der Waals surface area (Å²) in [6.07, 6.45) is -1.68. The van der Waals surface area contributed by atoms with Crippen LogP contribution in [0.4, 0.5) is 0 Å². The molecule has 0 fully saturated rings. The number of hydrogen-bond acceptors (Lipinski definition) is 2. The molecular formula is C3H4Cl2O3. The highest BCUT2D eigenvalue weighted by Crippen LogP contribution is 2.06. The van der Waals surface area contributed by atoms with E-state index in [1.807, 2.05) is 0 Å². The Bertz CT molecular complexity index is 92.5. The van der Waals surface area contributed by atoms with Gasteiger partial charge in [0.1, 0.15) is 4.84 Å². The van der Waals surface area contributed by atoms with Crippen molar-refractivity contribution in [3.63, 3.8) is 0 Å².